The average Bonchev–Trinajstić information content (AvgIpc) is 3.41. The van der Waals surface area contributed by atoms with Gasteiger partial charge in [0.2, 0.25) is 5.91 Å². The minimum atomic E-state index is 0.153. The number of nitrogens with one attached hydrogen (secondary N) is 1. The summed E-state index contributed by atoms with van der Waals surface area (Å²) < 4.78 is 5.22. The summed E-state index contributed by atoms with van der Waals surface area (Å²) in [6, 6.07) is 8.26. The molecule has 1 heterocycles. The zero-order valence-corrected chi connectivity index (χ0v) is 14.1. The monoisotopic (exact) mass is 316 g/mol. The summed E-state index contributed by atoms with van der Waals surface area (Å²) in [4.78, 5) is 14.8. The second-order valence-corrected chi connectivity index (χ2v) is 6.85. The number of likely N-dealkylation sites (tertiary alicyclic amines) is 1. The van der Waals surface area contributed by atoms with Crippen molar-refractivity contribution in [3.8, 4) is 5.75 Å². The maximum atomic E-state index is 12.5. The van der Waals surface area contributed by atoms with E-state index in [1.807, 2.05) is 12.1 Å². The van der Waals surface area contributed by atoms with E-state index in [0.29, 0.717) is 12.5 Å². The van der Waals surface area contributed by atoms with Crippen LogP contribution < -0.4 is 10.1 Å². The van der Waals surface area contributed by atoms with Crippen LogP contribution in [0.25, 0.3) is 0 Å². The molecule has 0 radical (unpaired) electrons. The van der Waals surface area contributed by atoms with Crippen molar-refractivity contribution in [2.45, 2.75) is 44.6 Å². The summed E-state index contributed by atoms with van der Waals surface area (Å²) in [6.07, 6.45) is 7.46. The molecular weight excluding hydrogens is 288 g/mol. The Morgan fingerprint density at radius 3 is 2.39 bits per heavy atom. The molecule has 0 spiro atoms. The molecule has 1 unspecified atom stereocenters. The SMILES string of the molecule is COc1ccc(C(NC(=O)CN2CCCCCC2)C2CC2)cc1. The molecular formula is C19H28N2O2. The highest BCUT2D eigenvalue weighted by atomic mass is 16.5. The third kappa shape index (κ3) is 4.71. The van der Waals surface area contributed by atoms with Crippen LogP contribution >= 0.6 is 0 Å². The van der Waals surface area contributed by atoms with E-state index >= 15 is 0 Å². The molecule has 126 valence electrons. The molecule has 2 aliphatic rings. The highest BCUT2D eigenvalue weighted by Crippen LogP contribution is 2.41. The number of hydrogen-bond acceptors (Lipinski definition) is 3. The topological polar surface area (TPSA) is 41.6 Å². The maximum Gasteiger partial charge on any atom is 0.234 e. The lowest BCUT2D eigenvalue weighted by Crippen LogP contribution is -2.39. The molecule has 4 nitrogen and oxygen atoms in total. The molecule has 0 aromatic heterocycles. The Balaban J connectivity index is 1.58. The van der Waals surface area contributed by atoms with Gasteiger partial charge in [-0.05, 0) is 62.4 Å². The van der Waals surface area contributed by atoms with Gasteiger partial charge in [-0.15, -0.1) is 0 Å². The Morgan fingerprint density at radius 2 is 1.83 bits per heavy atom. The van der Waals surface area contributed by atoms with Crippen molar-refractivity contribution in [2.75, 3.05) is 26.7 Å². The van der Waals surface area contributed by atoms with Crippen molar-refractivity contribution < 1.29 is 9.53 Å². The van der Waals surface area contributed by atoms with Crippen LogP contribution in [0.1, 0.15) is 50.1 Å². The Labute approximate surface area is 139 Å². The molecule has 3 rings (SSSR count). The first kappa shape index (κ1) is 16.3. The first-order valence-corrected chi connectivity index (χ1v) is 8.92. The smallest absolute Gasteiger partial charge is 0.234 e. The fourth-order valence-electron chi connectivity index (χ4n) is 3.43. The Bertz CT molecular complexity index is 503. The number of ether oxygens (including phenoxy) is 1. The van der Waals surface area contributed by atoms with Gasteiger partial charge >= 0.3 is 0 Å². The molecule has 1 N–H and O–H groups in total. The van der Waals surface area contributed by atoms with Crippen molar-refractivity contribution in [2.24, 2.45) is 5.92 Å². The van der Waals surface area contributed by atoms with Crippen LogP contribution in [0.4, 0.5) is 0 Å². The van der Waals surface area contributed by atoms with E-state index in [0.717, 1.165) is 18.8 Å². The van der Waals surface area contributed by atoms with E-state index in [4.69, 9.17) is 4.74 Å². The van der Waals surface area contributed by atoms with E-state index < -0.39 is 0 Å². The van der Waals surface area contributed by atoms with Crippen LogP contribution in [0.5, 0.6) is 5.75 Å². The standard InChI is InChI=1S/C19H28N2O2/c1-23-17-10-8-16(9-11-17)19(15-6-7-15)20-18(22)14-21-12-4-2-3-5-13-21/h8-11,15,19H,2-7,12-14H2,1H3,(H,20,22). The largest absolute Gasteiger partial charge is 0.497 e. The quantitative estimate of drug-likeness (QED) is 0.876. The van der Waals surface area contributed by atoms with E-state index in [2.05, 4.69) is 22.3 Å². The van der Waals surface area contributed by atoms with Crippen molar-refractivity contribution >= 4 is 5.91 Å². The Kier molecular flexibility index (Phi) is 5.55. The first-order valence-electron chi connectivity index (χ1n) is 8.92. The molecule has 1 saturated carbocycles. The van der Waals surface area contributed by atoms with Crippen molar-refractivity contribution in [1.82, 2.24) is 10.2 Å². The summed E-state index contributed by atoms with van der Waals surface area (Å²) >= 11 is 0. The third-order valence-corrected chi connectivity index (χ3v) is 4.95. The summed E-state index contributed by atoms with van der Waals surface area (Å²) in [7, 11) is 1.68. The maximum absolute atomic E-state index is 12.5. The number of hydrogen-bond donors (Lipinski definition) is 1. The molecule has 0 bridgehead atoms. The van der Waals surface area contributed by atoms with Crippen LogP contribution in [0.2, 0.25) is 0 Å². The van der Waals surface area contributed by atoms with E-state index in [1.54, 1.807) is 7.11 Å². The lowest BCUT2D eigenvalue weighted by Gasteiger charge is -2.23. The van der Waals surface area contributed by atoms with Gasteiger partial charge in [0.15, 0.2) is 0 Å². The lowest BCUT2D eigenvalue weighted by atomic mass is 10.0. The number of rotatable bonds is 6. The van der Waals surface area contributed by atoms with Crippen LogP contribution in [0.3, 0.4) is 0 Å². The fraction of sp³-hybridized carbons (Fsp3) is 0.632. The lowest BCUT2D eigenvalue weighted by molar-refractivity contribution is -0.123. The molecule has 1 atom stereocenters. The molecule has 1 aliphatic carbocycles. The molecule has 23 heavy (non-hydrogen) atoms. The first-order chi connectivity index (χ1) is 11.3. The molecule has 1 aromatic carbocycles. The van der Waals surface area contributed by atoms with Gasteiger partial charge in [-0.2, -0.15) is 0 Å². The second kappa shape index (κ2) is 7.82. The van der Waals surface area contributed by atoms with Gasteiger partial charge in [0.05, 0.1) is 19.7 Å². The molecule has 1 aromatic rings. The van der Waals surface area contributed by atoms with E-state index in [9.17, 15) is 4.79 Å². The van der Waals surface area contributed by atoms with E-state index in [1.165, 1.54) is 44.1 Å². The van der Waals surface area contributed by atoms with Gasteiger partial charge in [0.25, 0.3) is 0 Å². The van der Waals surface area contributed by atoms with Crippen LogP contribution in [0, 0.1) is 5.92 Å². The Hall–Kier alpha value is -1.55. The predicted molar refractivity (Wildman–Crippen MR) is 91.5 cm³/mol. The molecule has 1 saturated heterocycles. The normalized spacial score (nSPS) is 20.6. The van der Waals surface area contributed by atoms with Gasteiger partial charge in [-0.3, -0.25) is 9.69 Å². The zero-order chi connectivity index (χ0) is 16.1. The zero-order valence-electron chi connectivity index (χ0n) is 14.1. The number of nitrogens with zero attached hydrogens (tertiary/aromatic N) is 1. The average molecular weight is 316 g/mol. The summed E-state index contributed by atoms with van der Waals surface area (Å²) in [5, 5.41) is 3.28. The van der Waals surface area contributed by atoms with Crippen molar-refractivity contribution in [1.29, 1.82) is 0 Å². The molecule has 2 fully saturated rings. The van der Waals surface area contributed by atoms with Crippen LogP contribution in [-0.2, 0) is 4.79 Å². The second-order valence-electron chi connectivity index (χ2n) is 6.85. The van der Waals surface area contributed by atoms with Crippen LogP contribution in [-0.4, -0.2) is 37.6 Å². The molecule has 1 amide bonds. The number of carbonyl (C=O) groups excluding carboxylic acids is 1. The highest BCUT2D eigenvalue weighted by Gasteiger charge is 2.33. The molecule has 1 aliphatic heterocycles. The number of carbonyl (C=O) groups is 1. The minimum absolute atomic E-state index is 0.153. The number of benzene rings is 1. The summed E-state index contributed by atoms with van der Waals surface area (Å²) in [5.74, 6) is 1.62. The number of methoxy groups -OCH3 is 1. The van der Waals surface area contributed by atoms with Gasteiger partial charge < -0.3 is 10.1 Å². The summed E-state index contributed by atoms with van der Waals surface area (Å²) in [5.41, 5.74) is 1.19. The predicted octanol–water partition coefficient (Wildman–Crippen LogP) is 3.14. The molecule has 4 heteroatoms. The number of amides is 1. The van der Waals surface area contributed by atoms with Crippen LogP contribution in [0.15, 0.2) is 24.3 Å². The van der Waals surface area contributed by atoms with Crippen molar-refractivity contribution in [3.63, 3.8) is 0 Å². The van der Waals surface area contributed by atoms with Crippen molar-refractivity contribution in [3.05, 3.63) is 29.8 Å². The highest BCUT2D eigenvalue weighted by molar-refractivity contribution is 5.78. The Morgan fingerprint density at radius 1 is 1.17 bits per heavy atom. The minimum Gasteiger partial charge on any atom is -0.497 e. The third-order valence-electron chi connectivity index (χ3n) is 4.95. The van der Waals surface area contributed by atoms with Gasteiger partial charge in [0, 0.05) is 0 Å². The van der Waals surface area contributed by atoms with Gasteiger partial charge in [0.1, 0.15) is 5.75 Å². The van der Waals surface area contributed by atoms with Gasteiger partial charge in [-0.25, -0.2) is 0 Å². The van der Waals surface area contributed by atoms with E-state index in [-0.39, 0.29) is 11.9 Å². The van der Waals surface area contributed by atoms with Gasteiger partial charge in [-0.1, -0.05) is 25.0 Å². The summed E-state index contributed by atoms with van der Waals surface area (Å²) in [6.45, 7) is 2.66. The fourth-order valence-corrected chi connectivity index (χ4v) is 3.43.